The summed E-state index contributed by atoms with van der Waals surface area (Å²) < 4.78 is 3.83. The SMILES string of the molecule is Cc1snnc1C(=O)N[C@H]1CCCC[C@H]1CN(C)C. The Morgan fingerprint density at radius 1 is 1.42 bits per heavy atom. The van der Waals surface area contributed by atoms with E-state index in [0.717, 1.165) is 17.8 Å². The van der Waals surface area contributed by atoms with Crippen LogP contribution < -0.4 is 5.32 Å². The molecule has 5 nitrogen and oxygen atoms in total. The molecule has 19 heavy (non-hydrogen) atoms. The van der Waals surface area contributed by atoms with E-state index in [0.29, 0.717) is 11.6 Å². The first kappa shape index (κ1) is 14.4. The molecule has 0 bridgehead atoms. The summed E-state index contributed by atoms with van der Waals surface area (Å²) in [6.45, 7) is 2.91. The number of hydrogen-bond acceptors (Lipinski definition) is 5. The number of rotatable bonds is 4. The molecule has 2 atom stereocenters. The molecule has 1 heterocycles. The zero-order valence-electron chi connectivity index (χ0n) is 11.8. The summed E-state index contributed by atoms with van der Waals surface area (Å²) in [6, 6.07) is 0.268. The van der Waals surface area contributed by atoms with Crippen LogP contribution in [-0.2, 0) is 0 Å². The van der Waals surface area contributed by atoms with E-state index in [-0.39, 0.29) is 11.9 Å². The lowest BCUT2D eigenvalue weighted by Gasteiger charge is -2.33. The number of amides is 1. The highest BCUT2D eigenvalue weighted by atomic mass is 32.1. The highest BCUT2D eigenvalue weighted by molar-refractivity contribution is 7.05. The van der Waals surface area contributed by atoms with Crippen LogP contribution in [0.2, 0.25) is 0 Å². The number of aromatic nitrogens is 2. The fourth-order valence-electron chi connectivity index (χ4n) is 2.76. The number of hydrogen-bond donors (Lipinski definition) is 1. The molecule has 0 saturated heterocycles. The molecule has 2 rings (SSSR count). The van der Waals surface area contributed by atoms with Crippen molar-refractivity contribution < 1.29 is 4.79 Å². The molecule has 0 spiro atoms. The van der Waals surface area contributed by atoms with Gasteiger partial charge in [-0.15, -0.1) is 5.10 Å². The molecule has 1 aromatic heterocycles. The van der Waals surface area contributed by atoms with Gasteiger partial charge in [-0.2, -0.15) is 0 Å². The molecule has 1 fully saturated rings. The zero-order valence-corrected chi connectivity index (χ0v) is 12.7. The molecule has 0 unspecified atom stereocenters. The minimum absolute atomic E-state index is 0.0677. The Balaban J connectivity index is 1.99. The Labute approximate surface area is 118 Å². The van der Waals surface area contributed by atoms with E-state index in [1.165, 1.54) is 30.8 Å². The van der Waals surface area contributed by atoms with Crippen LogP contribution in [0.1, 0.15) is 41.0 Å². The molecule has 106 valence electrons. The number of aryl methyl sites for hydroxylation is 1. The summed E-state index contributed by atoms with van der Waals surface area (Å²) in [6.07, 6.45) is 4.73. The van der Waals surface area contributed by atoms with Crippen molar-refractivity contribution in [3.8, 4) is 0 Å². The van der Waals surface area contributed by atoms with Crippen molar-refractivity contribution in [3.63, 3.8) is 0 Å². The summed E-state index contributed by atoms with van der Waals surface area (Å²) in [7, 11) is 4.17. The van der Waals surface area contributed by atoms with E-state index in [9.17, 15) is 4.79 Å². The number of carbonyl (C=O) groups excluding carboxylic acids is 1. The number of nitrogens with one attached hydrogen (secondary N) is 1. The predicted octanol–water partition coefficient (Wildman–Crippen LogP) is 1.70. The van der Waals surface area contributed by atoms with Crippen LogP contribution >= 0.6 is 11.5 Å². The van der Waals surface area contributed by atoms with Gasteiger partial charge in [0.05, 0.1) is 4.88 Å². The molecule has 0 radical (unpaired) electrons. The van der Waals surface area contributed by atoms with Gasteiger partial charge < -0.3 is 10.2 Å². The van der Waals surface area contributed by atoms with Gasteiger partial charge in [-0.3, -0.25) is 4.79 Å². The second-order valence-electron chi connectivity index (χ2n) is 5.56. The van der Waals surface area contributed by atoms with Gasteiger partial charge in [0.25, 0.3) is 5.91 Å². The molecule has 1 aliphatic rings. The molecule has 0 aliphatic heterocycles. The molecule has 1 saturated carbocycles. The standard InChI is InChI=1S/C13H22N4OS/c1-9-12(15-16-19-9)13(18)14-11-7-5-4-6-10(11)8-17(2)3/h10-11H,4-8H2,1-3H3,(H,14,18)/t10-,11-/m0/s1. The first-order chi connectivity index (χ1) is 9.08. The average Bonchev–Trinajstić information content (AvgIpc) is 2.77. The van der Waals surface area contributed by atoms with Crippen molar-refractivity contribution >= 4 is 17.4 Å². The maximum absolute atomic E-state index is 12.2. The van der Waals surface area contributed by atoms with Gasteiger partial charge in [0.1, 0.15) is 0 Å². The van der Waals surface area contributed by atoms with Gasteiger partial charge in [-0.1, -0.05) is 17.3 Å². The summed E-state index contributed by atoms with van der Waals surface area (Å²) in [4.78, 5) is 15.3. The van der Waals surface area contributed by atoms with Crippen LogP contribution in [0.3, 0.4) is 0 Å². The van der Waals surface area contributed by atoms with E-state index in [2.05, 4.69) is 33.9 Å². The van der Waals surface area contributed by atoms with E-state index in [1.54, 1.807) is 0 Å². The quantitative estimate of drug-likeness (QED) is 0.913. The van der Waals surface area contributed by atoms with Gasteiger partial charge in [0, 0.05) is 12.6 Å². The Kier molecular flexibility index (Phi) is 4.87. The molecule has 1 N–H and O–H groups in total. The zero-order chi connectivity index (χ0) is 13.8. The second-order valence-corrected chi connectivity index (χ2v) is 6.52. The predicted molar refractivity (Wildman–Crippen MR) is 76.4 cm³/mol. The average molecular weight is 282 g/mol. The fraction of sp³-hybridized carbons (Fsp3) is 0.769. The van der Waals surface area contributed by atoms with Crippen molar-refractivity contribution in [1.82, 2.24) is 19.8 Å². The van der Waals surface area contributed by atoms with Crippen LogP contribution in [0.4, 0.5) is 0 Å². The lowest BCUT2D eigenvalue weighted by molar-refractivity contribution is 0.0889. The van der Waals surface area contributed by atoms with Crippen molar-refractivity contribution in [3.05, 3.63) is 10.6 Å². The van der Waals surface area contributed by atoms with Crippen LogP contribution in [0.15, 0.2) is 0 Å². The maximum Gasteiger partial charge on any atom is 0.273 e. The molecule has 1 aliphatic carbocycles. The third-order valence-corrected chi connectivity index (χ3v) is 4.32. The van der Waals surface area contributed by atoms with Crippen molar-refractivity contribution in [1.29, 1.82) is 0 Å². The van der Waals surface area contributed by atoms with Crippen molar-refractivity contribution in [2.24, 2.45) is 5.92 Å². The first-order valence-corrected chi connectivity index (χ1v) is 7.60. The third kappa shape index (κ3) is 3.73. The van der Waals surface area contributed by atoms with Crippen LogP contribution in [0, 0.1) is 12.8 Å². The Morgan fingerprint density at radius 3 is 2.79 bits per heavy atom. The highest BCUT2D eigenvalue weighted by Crippen LogP contribution is 2.25. The first-order valence-electron chi connectivity index (χ1n) is 6.82. The molecular formula is C13H22N4OS. The minimum Gasteiger partial charge on any atom is -0.348 e. The lowest BCUT2D eigenvalue weighted by Crippen LogP contribution is -2.45. The smallest absolute Gasteiger partial charge is 0.273 e. The summed E-state index contributed by atoms with van der Waals surface area (Å²) in [5.41, 5.74) is 0.485. The van der Waals surface area contributed by atoms with E-state index < -0.39 is 0 Å². The number of nitrogens with zero attached hydrogens (tertiary/aromatic N) is 3. The monoisotopic (exact) mass is 282 g/mol. The van der Waals surface area contributed by atoms with E-state index >= 15 is 0 Å². The minimum atomic E-state index is -0.0677. The van der Waals surface area contributed by atoms with Gasteiger partial charge in [-0.25, -0.2) is 0 Å². The normalized spacial score (nSPS) is 23.6. The Hall–Kier alpha value is -1.01. The lowest BCUT2D eigenvalue weighted by atomic mass is 9.84. The summed E-state index contributed by atoms with van der Waals surface area (Å²) >= 11 is 1.28. The van der Waals surface area contributed by atoms with Gasteiger partial charge in [-0.05, 0) is 51.3 Å². The maximum atomic E-state index is 12.2. The number of carbonyl (C=O) groups is 1. The Bertz CT molecular complexity index is 432. The van der Waals surface area contributed by atoms with Crippen LogP contribution in [0.5, 0.6) is 0 Å². The van der Waals surface area contributed by atoms with E-state index in [1.807, 2.05) is 6.92 Å². The molecule has 0 aromatic carbocycles. The Morgan fingerprint density at radius 2 is 2.16 bits per heavy atom. The largest absolute Gasteiger partial charge is 0.348 e. The van der Waals surface area contributed by atoms with Crippen LogP contribution in [-0.4, -0.2) is 47.1 Å². The van der Waals surface area contributed by atoms with E-state index in [4.69, 9.17) is 0 Å². The van der Waals surface area contributed by atoms with Crippen LogP contribution in [0.25, 0.3) is 0 Å². The molecule has 1 aromatic rings. The fourth-order valence-corrected chi connectivity index (χ4v) is 3.23. The second kappa shape index (κ2) is 6.43. The van der Waals surface area contributed by atoms with Crippen molar-refractivity contribution in [2.45, 2.75) is 38.6 Å². The molecule has 6 heteroatoms. The van der Waals surface area contributed by atoms with Crippen molar-refractivity contribution in [2.75, 3.05) is 20.6 Å². The third-order valence-electron chi connectivity index (χ3n) is 3.69. The molecule has 1 amide bonds. The summed E-state index contributed by atoms with van der Waals surface area (Å²) in [5.74, 6) is 0.474. The highest BCUT2D eigenvalue weighted by Gasteiger charge is 2.28. The van der Waals surface area contributed by atoms with Gasteiger partial charge >= 0.3 is 0 Å². The van der Waals surface area contributed by atoms with Gasteiger partial charge in [0.2, 0.25) is 0 Å². The topological polar surface area (TPSA) is 58.1 Å². The molecular weight excluding hydrogens is 260 g/mol. The van der Waals surface area contributed by atoms with Gasteiger partial charge in [0.15, 0.2) is 5.69 Å². The summed E-state index contributed by atoms with van der Waals surface area (Å²) in [5, 5.41) is 7.07.